The number of anilines is 1. The Morgan fingerprint density at radius 1 is 1.23 bits per heavy atom. The fourth-order valence-electron chi connectivity index (χ4n) is 2.33. The van der Waals surface area contributed by atoms with Gasteiger partial charge >= 0.3 is 6.09 Å². The van der Waals surface area contributed by atoms with E-state index in [1.807, 2.05) is 39.0 Å². The van der Waals surface area contributed by atoms with Crippen LogP contribution >= 0.6 is 15.9 Å². The van der Waals surface area contributed by atoms with E-state index in [1.165, 1.54) is 0 Å². The van der Waals surface area contributed by atoms with Crippen molar-refractivity contribution in [3.63, 3.8) is 0 Å². The molecule has 2 N–H and O–H groups in total. The van der Waals surface area contributed by atoms with Gasteiger partial charge in [-0.2, -0.15) is 0 Å². The SMILES string of the molecule is COc1cc(Br)cc(NC2CC(NC(=O)OC(C)(C)C)C2)c1. The molecule has 22 heavy (non-hydrogen) atoms. The molecule has 1 aromatic rings. The molecule has 0 unspecified atom stereocenters. The van der Waals surface area contributed by atoms with Crippen molar-refractivity contribution in [1.29, 1.82) is 0 Å². The fourth-order valence-corrected chi connectivity index (χ4v) is 2.80. The molecule has 5 nitrogen and oxygen atoms in total. The van der Waals surface area contributed by atoms with Crippen molar-refractivity contribution in [2.24, 2.45) is 0 Å². The van der Waals surface area contributed by atoms with Crippen molar-refractivity contribution in [3.8, 4) is 5.75 Å². The van der Waals surface area contributed by atoms with Crippen LogP contribution in [-0.4, -0.2) is 30.9 Å². The van der Waals surface area contributed by atoms with Crippen LogP contribution in [0.25, 0.3) is 0 Å². The molecule has 0 aliphatic heterocycles. The fraction of sp³-hybridized carbons (Fsp3) is 0.562. The van der Waals surface area contributed by atoms with Gasteiger partial charge in [-0.05, 0) is 45.7 Å². The van der Waals surface area contributed by atoms with Gasteiger partial charge < -0.3 is 20.1 Å². The van der Waals surface area contributed by atoms with Gasteiger partial charge in [0, 0.05) is 28.3 Å². The molecule has 1 saturated carbocycles. The lowest BCUT2D eigenvalue weighted by atomic mass is 9.86. The third-order valence-electron chi connectivity index (χ3n) is 3.34. The number of hydrogen-bond acceptors (Lipinski definition) is 4. The minimum Gasteiger partial charge on any atom is -0.497 e. The summed E-state index contributed by atoms with van der Waals surface area (Å²) in [6.45, 7) is 5.58. The van der Waals surface area contributed by atoms with E-state index in [-0.39, 0.29) is 12.1 Å². The molecule has 2 rings (SSSR count). The zero-order chi connectivity index (χ0) is 16.3. The average Bonchev–Trinajstić information content (AvgIpc) is 2.33. The van der Waals surface area contributed by atoms with E-state index >= 15 is 0 Å². The van der Waals surface area contributed by atoms with E-state index in [2.05, 4.69) is 26.6 Å². The van der Waals surface area contributed by atoms with Crippen LogP contribution in [0.2, 0.25) is 0 Å². The van der Waals surface area contributed by atoms with Gasteiger partial charge in [-0.1, -0.05) is 15.9 Å². The standard InChI is InChI=1S/C16H23BrN2O3/c1-16(2,3)22-15(20)19-13-7-12(8-13)18-11-5-10(17)6-14(9-11)21-4/h5-6,9,12-13,18H,7-8H2,1-4H3,(H,19,20). The zero-order valence-corrected chi connectivity index (χ0v) is 15.0. The summed E-state index contributed by atoms with van der Waals surface area (Å²) < 4.78 is 11.5. The average molecular weight is 371 g/mol. The van der Waals surface area contributed by atoms with Gasteiger partial charge in [0.15, 0.2) is 0 Å². The Hall–Kier alpha value is -1.43. The summed E-state index contributed by atoms with van der Waals surface area (Å²) in [6, 6.07) is 6.40. The molecule has 1 amide bonds. The van der Waals surface area contributed by atoms with Gasteiger partial charge in [-0.15, -0.1) is 0 Å². The van der Waals surface area contributed by atoms with Gasteiger partial charge in [0.1, 0.15) is 11.4 Å². The van der Waals surface area contributed by atoms with Gasteiger partial charge in [0.25, 0.3) is 0 Å². The number of hydrogen-bond donors (Lipinski definition) is 2. The zero-order valence-electron chi connectivity index (χ0n) is 13.4. The molecule has 1 fully saturated rings. The summed E-state index contributed by atoms with van der Waals surface area (Å²) in [5, 5.41) is 6.33. The van der Waals surface area contributed by atoms with Crippen LogP contribution in [0.5, 0.6) is 5.75 Å². The molecule has 1 aliphatic carbocycles. The second kappa shape index (κ2) is 6.77. The first-order chi connectivity index (χ1) is 10.2. The van der Waals surface area contributed by atoms with Crippen LogP contribution in [0.1, 0.15) is 33.6 Å². The molecule has 122 valence electrons. The van der Waals surface area contributed by atoms with Crippen LogP contribution in [-0.2, 0) is 4.74 Å². The van der Waals surface area contributed by atoms with Crippen molar-refractivity contribution in [1.82, 2.24) is 5.32 Å². The third kappa shape index (κ3) is 5.09. The van der Waals surface area contributed by atoms with Gasteiger partial charge in [-0.3, -0.25) is 0 Å². The van der Waals surface area contributed by atoms with E-state index < -0.39 is 5.60 Å². The van der Waals surface area contributed by atoms with Crippen molar-refractivity contribution < 1.29 is 14.3 Å². The van der Waals surface area contributed by atoms with Crippen molar-refractivity contribution in [2.45, 2.75) is 51.3 Å². The summed E-state index contributed by atoms with van der Waals surface area (Å²) >= 11 is 3.46. The minimum absolute atomic E-state index is 0.168. The van der Waals surface area contributed by atoms with Gasteiger partial charge in [0.2, 0.25) is 0 Å². The lowest BCUT2D eigenvalue weighted by Crippen LogP contribution is -2.50. The van der Waals surface area contributed by atoms with Crippen molar-refractivity contribution in [3.05, 3.63) is 22.7 Å². The molecule has 6 heteroatoms. The van der Waals surface area contributed by atoms with Gasteiger partial charge in [0.05, 0.1) is 7.11 Å². The summed E-state index contributed by atoms with van der Waals surface area (Å²) in [6.07, 6.45) is 1.42. The normalized spacial score (nSPS) is 20.8. The second-order valence-corrected chi connectivity index (χ2v) is 7.45. The lowest BCUT2D eigenvalue weighted by molar-refractivity contribution is 0.0475. The van der Waals surface area contributed by atoms with Crippen LogP contribution in [0.3, 0.4) is 0 Å². The maximum Gasteiger partial charge on any atom is 0.407 e. The topological polar surface area (TPSA) is 59.6 Å². The van der Waals surface area contributed by atoms with Crippen LogP contribution in [0.4, 0.5) is 10.5 Å². The summed E-state index contributed by atoms with van der Waals surface area (Å²) in [5.41, 5.74) is 0.546. The van der Waals surface area contributed by atoms with Crippen LogP contribution < -0.4 is 15.4 Å². The number of carbonyl (C=O) groups excluding carboxylic acids is 1. The second-order valence-electron chi connectivity index (χ2n) is 6.54. The molecule has 0 radical (unpaired) electrons. The van der Waals surface area contributed by atoms with E-state index in [1.54, 1.807) is 7.11 Å². The van der Waals surface area contributed by atoms with E-state index in [9.17, 15) is 4.79 Å². The third-order valence-corrected chi connectivity index (χ3v) is 3.79. The summed E-state index contributed by atoms with van der Waals surface area (Å²) in [7, 11) is 1.65. The predicted molar refractivity (Wildman–Crippen MR) is 90.5 cm³/mol. The Balaban J connectivity index is 1.78. The maximum absolute atomic E-state index is 11.7. The highest BCUT2D eigenvalue weighted by Crippen LogP contribution is 2.29. The highest BCUT2D eigenvalue weighted by molar-refractivity contribution is 9.10. The van der Waals surface area contributed by atoms with E-state index in [4.69, 9.17) is 9.47 Å². The van der Waals surface area contributed by atoms with E-state index in [0.29, 0.717) is 6.04 Å². The Morgan fingerprint density at radius 3 is 2.50 bits per heavy atom. The molecule has 1 aliphatic rings. The Bertz CT molecular complexity index is 537. The largest absolute Gasteiger partial charge is 0.497 e. The monoisotopic (exact) mass is 370 g/mol. The van der Waals surface area contributed by atoms with E-state index in [0.717, 1.165) is 28.8 Å². The van der Waals surface area contributed by atoms with Crippen LogP contribution in [0, 0.1) is 0 Å². The molecule has 0 bridgehead atoms. The molecule has 0 saturated heterocycles. The minimum atomic E-state index is -0.460. The Labute approximate surface area is 139 Å². The number of methoxy groups -OCH3 is 1. The number of ether oxygens (including phenoxy) is 2. The first-order valence-electron chi connectivity index (χ1n) is 7.36. The summed E-state index contributed by atoms with van der Waals surface area (Å²) in [4.78, 5) is 11.7. The highest BCUT2D eigenvalue weighted by Gasteiger charge is 2.31. The molecule has 0 atom stereocenters. The predicted octanol–water partition coefficient (Wildman–Crippen LogP) is 3.93. The number of rotatable bonds is 4. The quantitative estimate of drug-likeness (QED) is 0.842. The number of amides is 1. The first-order valence-corrected chi connectivity index (χ1v) is 8.15. The highest BCUT2D eigenvalue weighted by atomic mass is 79.9. The molecular formula is C16H23BrN2O3. The molecule has 0 aromatic heterocycles. The van der Waals surface area contributed by atoms with Gasteiger partial charge in [-0.25, -0.2) is 4.79 Å². The van der Waals surface area contributed by atoms with Crippen molar-refractivity contribution >= 4 is 27.7 Å². The smallest absolute Gasteiger partial charge is 0.407 e. The Morgan fingerprint density at radius 2 is 1.91 bits per heavy atom. The van der Waals surface area contributed by atoms with Crippen molar-refractivity contribution in [2.75, 3.05) is 12.4 Å². The maximum atomic E-state index is 11.7. The number of alkyl carbamates (subject to hydrolysis) is 1. The Kier molecular flexibility index (Phi) is 5.21. The number of benzene rings is 1. The molecule has 0 heterocycles. The molecule has 0 spiro atoms. The molecular weight excluding hydrogens is 348 g/mol. The number of halogens is 1. The number of carbonyl (C=O) groups is 1. The van der Waals surface area contributed by atoms with Crippen LogP contribution in [0.15, 0.2) is 22.7 Å². The summed E-state index contributed by atoms with van der Waals surface area (Å²) in [5.74, 6) is 0.805. The molecule has 1 aromatic carbocycles. The lowest BCUT2D eigenvalue weighted by Gasteiger charge is -2.37. The first kappa shape index (κ1) is 16.9. The number of nitrogens with one attached hydrogen (secondary N) is 2.